The van der Waals surface area contributed by atoms with Gasteiger partial charge in [0, 0.05) is 7.05 Å². The quantitative estimate of drug-likeness (QED) is 0.674. The van der Waals surface area contributed by atoms with Crippen LogP contribution >= 0.6 is 0 Å². The van der Waals surface area contributed by atoms with Gasteiger partial charge in [-0.2, -0.15) is 14.0 Å². The third-order valence-electron chi connectivity index (χ3n) is 3.56. The molecule has 0 spiro atoms. The highest BCUT2D eigenvalue weighted by Gasteiger charge is 2.12. The molecular formula is C18H13F2N3O. The Balaban J connectivity index is 1.97. The Kier molecular flexibility index (Phi) is 4.25. The number of imidazole rings is 1. The van der Waals surface area contributed by atoms with Crippen molar-refractivity contribution in [2.24, 2.45) is 7.05 Å². The van der Waals surface area contributed by atoms with Crippen LogP contribution in [0.4, 0.5) is 8.78 Å². The minimum absolute atomic E-state index is 0.0726. The van der Waals surface area contributed by atoms with Gasteiger partial charge in [-0.1, -0.05) is 24.3 Å². The maximum Gasteiger partial charge on any atom is 0.387 e. The molecule has 3 aromatic rings. The van der Waals surface area contributed by atoms with Gasteiger partial charge in [-0.25, -0.2) is 4.98 Å². The molecule has 0 saturated heterocycles. The zero-order valence-corrected chi connectivity index (χ0v) is 12.8. The van der Waals surface area contributed by atoms with E-state index in [4.69, 9.17) is 0 Å². The Labute approximate surface area is 137 Å². The summed E-state index contributed by atoms with van der Waals surface area (Å²) in [6.45, 7) is -2.86. The molecule has 2 aromatic carbocycles. The van der Waals surface area contributed by atoms with Crippen molar-refractivity contribution in [3.8, 4) is 11.8 Å². The molecule has 0 atom stereocenters. The van der Waals surface area contributed by atoms with Crippen LogP contribution in [0.15, 0.2) is 48.5 Å². The Hall–Kier alpha value is -3.20. The molecule has 4 nitrogen and oxygen atoms in total. The molecule has 120 valence electrons. The number of halogens is 2. The lowest BCUT2D eigenvalue weighted by Gasteiger charge is -2.04. The fourth-order valence-electron chi connectivity index (χ4n) is 2.45. The Morgan fingerprint density at radius 3 is 2.54 bits per heavy atom. The fraction of sp³-hybridized carbons (Fsp3) is 0.111. The number of hydrogen-bond donors (Lipinski definition) is 0. The normalized spacial score (nSPS) is 11.7. The van der Waals surface area contributed by atoms with E-state index < -0.39 is 6.61 Å². The lowest BCUT2D eigenvalue weighted by Crippen LogP contribution is -2.01. The van der Waals surface area contributed by atoms with Gasteiger partial charge in [-0.05, 0) is 35.9 Å². The van der Waals surface area contributed by atoms with Crippen molar-refractivity contribution in [1.82, 2.24) is 9.55 Å². The summed E-state index contributed by atoms with van der Waals surface area (Å²) in [5.41, 5.74) is 2.81. The first-order chi connectivity index (χ1) is 11.6. The van der Waals surface area contributed by atoms with Crippen molar-refractivity contribution >= 4 is 22.7 Å². The van der Waals surface area contributed by atoms with E-state index in [1.807, 2.05) is 35.9 Å². The molecule has 0 saturated carbocycles. The number of alkyl halides is 2. The minimum atomic E-state index is -2.86. The second-order valence-electron chi connectivity index (χ2n) is 5.10. The van der Waals surface area contributed by atoms with Crippen LogP contribution in [0.2, 0.25) is 0 Å². The minimum Gasteiger partial charge on any atom is -0.435 e. The van der Waals surface area contributed by atoms with Gasteiger partial charge < -0.3 is 9.30 Å². The van der Waals surface area contributed by atoms with Crippen LogP contribution in [0.25, 0.3) is 22.7 Å². The van der Waals surface area contributed by atoms with E-state index in [9.17, 15) is 14.0 Å². The van der Waals surface area contributed by atoms with E-state index in [0.29, 0.717) is 17.0 Å². The van der Waals surface area contributed by atoms with Crippen LogP contribution in [0, 0.1) is 11.3 Å². The van der Waals surface area contributed by atoms with Crippen molar-refractivity contribution in [2.75, 3.05) is 0 Å². The van der Waals surface area contributed by atoms with Crippen LogP contribution in [-0.2, 0) is 7.05 Å². The van der Waals surface area contributed by atoms with E-state index in [1.165, 1.54) is 12.1 Å². The summed E-state index contributed by atoms with van der Waals surface area (Å²) in [4.78, 5) is 4.48. The molecule has 0 aliphatic heterocycles. The zero-order valence-electron chi connectivity index (χ0n) is 12.8. The van der Waals surface area contributed by atoms with E-state index in [1.54, 1.807) is 18.2 Å². The van der Waals surface area contributed by atoms with Gasteiger partial charge in [0.2, 0.25) is 0 Å². The number of nitrogens with zero attached hydrogens (tertiary/aromatic N) is 3. The predicted octanol–water partition coefficient (Wildman–Crippen LogP) is 4.24. The standard InChI is InChI=1S/C18H13F2N3O/c1-23-16-5-3-2-4-15(16)22-17(23)13(11-21)10-12-6-8-14(9-7-12)24-18(19)20/h2-10,18H,1H3/b13-10+. The molecule has 0 amide bonds. The Morgan fingerprint density at radius 2 is 1.92 bits per heavy atom. The smallest absolute Gasteiger partial charge is 0.387 e. The van der Waals surface area contributed by atoms with E-state index in [-0.39, 0.29) is 5.75 Å². The summed E-state index contributed by atoms with van der Waals surface area (Å²) >= 11 is 0. The summed E-state index contributed by atoms with van der Waals surface area (Å²) in [6, 6.07) is 15.8. The molecule has 0 aliphatic rings. The number of allylic oxidation sites excluding steroid dienone is 1. The molecule has 6 heteroatoms. The maximum absolute atomic E-state index is 12.2. The molecule has 0 N–H and O–H groups in total. The number of aromatic nitrogens is 2. The summed E-state index contributed by atoms with van der Waals surface area (Å²) in [6.07, 6.45) is 1.66. The lowest BCUT2D eigenvalue weighted by molar-refractivity contribution is -0.0498. The number of rotatable bonds is 4. The topological polar surface area (TPSA) is 50.8 Å². The summed E-state index contributed by atoms with van der Waals surface area (Å²) in [5, 5.41) is 9.47. The third-order valence-corrected chi connectivity index (χ3v) is 3.56. The van der Waals surface area contributed by atoms with Crippen LogP contribution in [0.1, 0.15) is 11.4 Å². The highest BCUT2D eigenvalue weighted by molar-refractivity contribution is 5.90. The molecule has 3 rings (SSSR count). The molecule has 0 fully saturated rings. The number of aryl methyl sites for hydroxylation is 1. The summed E-state index contributed by atoms with van der Waals surface area (Å²) < 4.78 is 30.5. The van der Waals surface area contributed by atoms with E-state index in [2.05, 4.69) is 15.8 Å². The van der Waals surface area contributed by atoms with Gasteiger partial charge in [0.15, 0.2) is 5.82 Å². The van der Waals surface area contributed by atoms with Crippen LogP contribution < -0.4 is 4.74 Å². The van der Waals surface area contributed by atoms with Crippen LogP contribution in [0.5, 0.6) is 5.75 Å². The van der Waals surface area contributed by atoms with Gasteiger partial charge in [-0.15, -0.1) is 0 Å². The Bertz CT molecular complexity index is 937. The first-order valence-corrected chi connectivity index (χ1v) is 7.17. The monoisotopic (exact) mass is 325 g/mol. The summed E-state index contributed by atoms with van der Waals surface area (Å²) in [7, 11) is 1.84. The van der Waals surface area contributed by atoms with Crippen LogP contribution in [-0.4, -0.2) is 16.2 Å². The zero-order chi connectivity index (χ0) is 17.1. The molecule has 0 aliphatic carbocycles. The first-order valence-electron chi connectivity index (χ1n) is 7.17. The second kappa shape index (κ2) is 6.50. The number of hydrogen-bond acceptors (Lipinski definition) is 3. The predicted molar refractivity (Wildman–Crippen MR) is 87.3 cm³/mol. The SMILES string of the molecule is Cn1c(/C(C#N)=C/c2ccc(OC(F)F)cc2)nc2ccccc21. The molecule has 0 unspecified atom stereocenters. The fourth-order valence-corrected chi connectivity index (χ4v) is 2.45. The molecule has 1 aromatic heterocycles. The second-order valence-corrected chi connectivity index (χ2v) is 5.10. The van der Waals surface area contributed by atoms with Crippen molar-refractivity contribution in [3.63, 3.8) is 0 Å². The largest absolute Gasteiger partial charge is 0.435 e. The summed E-state index contributed by atoms with van der Waals surface area (Å²) in [5.74, 6) is 0.620. The van der Waals surface area contributed by atoms with Gasteiger partial charge in [0.1, 0.15) is 11.8 Å². The third kappa shape index (κ3) is 3.10. The number of para-hydroxylation sites is 2. The van der Waals surface area contributed by atoms with Gasteiger partial charge in [-0.3, -0.25) is 0 Å². The molecular weight excluding hydrogens is 312 g/mol. The number of fused-ring (bicyclic) bond motifs is 1. The van der Waals surface area contributed by atoms with Crippen molar-refractivity contribution in [3.05, 3.63) is 59.9 Å². The average Bonchev–Trinajstić information content (AvgIpc) is 2.91. The van der Waals surface area contributed by atoms with Gasteiger partial charge >= 0.3 is 6.61 Å². The van der Waals surface area contributed by atoms with Crippen LogP contribution in [0.3, 0.4) is 0 Å². The van der Waals surface area contributed by atoms with Crippen molar-refractivity contribution in [1.29, 1.82) is 5.26 Å². The maximum atomic E-state index is 12.2. The van der Waals surface area contributed by atoms with E-state index >= 15 is 0 Å². The van der Waals surface area contributed by atoms with Crippen molar-refractivity contribution < 1.29 is 13.5 Å². The molecule has 0 radical (unpaired) electrons. The molecule has 0 bridgehead atoms. The first kappa shape index (κ1) is 15.7. The molecule has 1 heterocycles. The van der Waals surface area contributed by atoms with Gasteiger partial charge in [0.05, 0.1) is 16.6 Å². The highest BCUT2D eigenvalue weighted by atomic mass is 19.3. The molecule has 24 heavy (non-hydrogen) atoms. The highest BCUT2D eigenvalue weighted by Crippen LogP contribution is 2.23. The number of benzene rings is 2. The number of nitriles is 1. The van der Waals surface area contributed by atoms with E-state index in [0.717, 1.165) is 11.0 Å². The lowest BCUT2D eigenvalue weighted by atomic mass is 10.1. The Morgan fingerprint density at radius 1 is 1.21 bits per heavy atom. The number of ether oxygens (including phenoxy) is 1. The van der Waals surface area contributed by atoms with Crippen molar-refractivity contribution in [2.45, 2.75) is 6.61 Å². The van der Waals surface area contributed by atoms with Gasteiger partial charge in [0.25, 0.3) is 0 Å². The average molecular weight is 325 g/mol.